The summed E-state index contributed by atoms with van der Waals surface area (Å²) in [4.78, 5) is 47.4. The highest BCUT2D eigenvalue weighted by Crippen LogP contribution is 2.41. The SMILES string of the molecule is COCCN1C(=O)CN(C)C(=O)c2c1sc1c2CCN(C(=O)C2CCN(C)CC2)C1. The predicted octanol–water partition coefficient (Wildman–Crippen LogP) is 1.04. The Kier molecular flexibility index (Phi) is 6.13. The van der Waals surface area contributed by atoms with E-state index in [0.29, 0.717) is 43.2 Å². The number of likely N-dealkylation sites (tertiary alicyclic amines) is 1. The molecule has 9 heteroatoms. The Bertz CT molecular complexity index is 846. The molecule has 1 aromatic rings. The summed E-state index contributed by atoms with van der Waals surface area (Å²) < 4.78 is 5.18. The van der Waals surface area contributed by atoms with Gasteiger partial charge >= 0.3 is 0 Å². The smallest absolute Gasteiger partial charge is 0.257 e. The van der Waals surface area contributed by atoms with Crippen molar-refractivity contribution in [2.75, 3.05) is 65.4 Å². The number of amides is 3. The molecule has 0 radical (unpaired) electrons. The second-order valence-corrected chi connectivity index (χ2v) is 9.55. The molecule has 0 unspecified atom stereocenters. The molecule has 0 aliphatic carbocycles. The van der Waals surface area contributed by atoms with Crippen molar-refractivity contribution in [2.45, 2.75) is 25.8 Å². The first kappa shape index (κ1) is 21.3. The second-order valence-electron chi connectivity index (χ2n) is 8.47. The van der Waals surface area contributed by atoms with Crippen LogP contribution in [0.25, 0.3) is 0 Å². The summed E-state index contributed by atoms with van der Waals surface area (Å²) in [6.07, 6.45) is 2.47. The Labute approximate surface area is 181 Å². The Morgan fingerprint density at radius 1 is 1.13 bits per heavy atom. The number of nitrogens with zero attached hydrogens (tertiary/aromatic N) is 4. The van der Waals surface area contributed by atoms with E-state index in [9.17, 15) is 14.4 Å². The highest BCUT2D eigenvalue weighted by atomic mass is 32.1. The highest BCUT2D eigenvalue weighted by Gasteiger charge is 2.38. The van der Waals surface area contributed by atoms with E-state index in [1.165, 1.54) is 16.2 Å². The van der Waals surface area contributed by atoms with Gasteiger partial charge in [-0.1, -0.05) is 0 Å². The number of carbonyl (C=O) groups is 3. The van der Waals surface area contributed by atoms with Gasteiger partial charge < -0.3 is 19.4 Å². The first-order chi connectivity index (χ1) is 14.4. The molecule has 0 saturated carbocycles. The van der Waals surface area contributed by atoms with Crippen LogP contribution < -0.4 is 4.90 Å². The van der Waals surface area contributed by atoms with Crippen LogP contribution in [0.1, 0.15) is 33.6 Å². The molecule has 4 heterocycles. The van der Waals surface area contributed by atoms with Gasteiger partial charge in [0.05, 0.1) is 25.3 Å². The second kappa shape index (κ2) is 8.64. The van der Waals surface area contributed by atoms with Crippen LogP contribution in [0.15, 0.2) is 0 Å². The fourth-order valence-electron chi connectivity index (χ4n) is 4.57. The maximum absolute atomic E-state index is 13.1. The van der Waals surface area contributed by atoms with Crippen LogP contribution in [0.4, 0.5) is 5.00 Å². The van der Waals surface area contributed by atoms with E-state index in [0.717, 1.165) is 36.4 Å². The Morgan fingerprint density at radius 3 is 2.57 bits per heavy atom. The number of hydrogen-bond acceptors (Lipinski definition) is 6. The van der Waals surface area contributed by atoms with Crippen molar-refractivity contribution in [3.63, 3.8) is 0 Å². The molecule has 30 heavy (non-hydrogen) atoms. The zero-order valence-corrected chi connectivity index (χ0v) is 18.8. The molecule has 0 atom stereocenters. The lowest BCUT2D eigenvalue weighted by Crippen LogP contribution is -2.43. The van der Waals surface area contributed by atoms with Gasteiger partial charge in [0.2, 0.25) is 11.8 Å². The van der Waals surface area contributed by atoms with Crippen LogP contribution in [0.5, 0.6) is 0 Å². The molecule has 0 aromatic carbocycles. The summed E-state index contributed by atoms with van der Waals surface area (Å²) >= 11 is 1.49. The molecule has 0 spiro atoms. The molecule has 1 aromatic heterocycles. The van der Waals surface area contributed by atoms with Crippen LogP contribution in [0.2, 0.25) is 0 Å². The first-order valence-electron chi connectivity index (χ1n) is 10.6. The summed E-state index contributed by atoms with van der Waals surface area (Å²) in [5, 5.41) is 0.713. The maximum Gasteiger partial charge on any atom is 0.257 e. The van der Waals surface area contributed by atoms with Gasteiger partial charge in [-0.2, -0.15) is 0 Å². The van der Waals surface area contributed by atoms with Crippen molar-refractivity contribution in [3.05, 3.63) is 16.0 Å². The molecule has 3 aliphatic rings. The van der Waals surface area contributed by atoms with Gasteiger partial charge in [-0.05, 0) is 45.0 Å². The Morgan fingerprint density at radius 2 is 1.87 bits per heavy atom. The minimum absolute atomic E-state index is 0.0689. The quantitative estimate of drug-likeness (QED) is 0.708. The maximum atomic E-state index is 13.1. The van der Waals surface area contributed by atoms with Gasteiger partial charge in [0.15, 0.2) is 0 Å². The summed E-state index contributed by atoms with van der Waals surface area (Å²) in [5.74, 6) is 0.117. The third-order valence-corrected chi connectivity index (χ3v) is 7.66. The van der Waals surface area contributed by atoms with E-state index in [1.54, 1.807) is 19.1 Å². The van der Waals surface area contributed by atoms with Gasteiger partial charge in [0.25, 0.3) is 5.91 Å². The normalized spacial score (nSPS) is 21.0. The number of piperidine rings is 1. The number of likely N-dealkylation sites (N-methyl/N-ethyl adjacent to an activating group) is 1. The fourth-order valence-corrected chi connectivity index (χ4v) is 5.97. The van der Waals surface area contributed by atoms with E-state index in [1.807, 2.05) is 4.90 Å². The number of methoxy groups -OCH3 is 1. The van der Waals surface area contributed by atoms with Gasteiger partial charge in [-0.3, -0.25) is 19.3 Å². The Hall–Kier alpha value is -1.97. The van der Waals surface area contributed by atoms with Crippen LogP contribution >= 0.6 is 11.3 Å². The summed E-state index contributed by atoms with van der Waals surface area (Å²) in [7, 11) is 5.37. The van der Waals surface area contributed by atoms with Gasteiger partial charge in [-0.25, -0.2) is 0 Å². The van der Waals surface area contributed by atoms with Crippen LogP contribution in [-0.4, -0.2) is 93.0 Å². The summed E-state index contributed by atoms with van der Waals surface area (Å²) in [6, 6.07) is 0. The molecule has 0 N–H and O–H groups in total. The number of thiophene rings is 1. The third-order valence-electron chi connectivity index (χ3n) is 6.42. The average molecular weight is 435 g/mol. The van der Waals surface area contributed by atoms with E-state index in [-0.39, 0.29) is 30.2 Å². The first-order valence-corrected chi connectivity index (χ1v) is 11.4. The zero-order valence-electron chi connectivity index (χ0n) is 18.0. The lowest BCUT2D eigenvalue weighted by atomic mass is 9.94. The molecule has 164 valence electrons. The topological polar surface area (TPSA) is 73.4 Å². The Balaban J connectivity index is 1.60. The lowest BCUT2D eigenvalue weighted by Gasteiger charge is -2.34. The van der Waals surface area contributed by atoms with E-state index in [4.69, 9.17) is 4.74 Å². The van der Waals surface area contributed by atoms with E-state index >= 15 is 0 Å². The highest BCUT2D eigenvalue weighted by molar-refractivity contribution is 7.17. The minimum atomic E-state index is -0.106. The van der Waals surface area contributed by atoms with Crippen LogP contribution in [0, 0.1) is 5.92 Å². The number of hydrogen-bond donors (Lipinski definition) is 0. The van der Waals surface area contributed by atoms with E-state index < -0.39 is 0 Å². The minimum Gasteiger partial charge on any atom is -0.383 e. The van der Waals surface area contributed by atoms with Gasteiger partial charge in [-0.15, -0.1) is 11.3 Å². The lowest BCUT2D eigenvalue weighted by molar-refractivity contribution is -0.137. The standard InChI is InChI=1S/C21H30N4O4S/c1-22-7-4-14(5-8-22)19(27)24-9-6-15-16(12-24)30-21-18(15)20(28)23(2)13-17(26)25(21)10-11-29-3/h14H,4-13H2,1-3H3. The van der Waals surface area contributed by atoms with Crippen molar-refractivity contribution < 1.29 is 19.1 Å². The zero-order chi connectivity index (χ0) is 21.4. The van der Waals surface area contributed by atoms with Crippen molar-refractivity contribution >= 4 is 34.1 Å². The molecule has 1 fully saturated rings. The molecule has 8 nitrogen and oxygen atoms in total. The van der Waals surface area contributed by atoms with Crippen molar-refractivity contribution in [1.29, 1.82) is 0 Å². The number of fused-ring (bicyclic) bond motifs is 3. The van der Waals surface area contributed by atoms with Gasteiger partial charge in [0, 0.05) is 31.5 Å². The van der Waals surface area contributed by atoms with Crippen molar-refractivity contribution in [2.24, 2.45) is 5.92 Å². The number of ether oxygens (including phenoxy) is 1. The molecule has 0 bridgehead atoms. The van der Waals surface area contributed by atoms with E-state index in [2.05, 4.69) is 11.9 Å². The molecule has 1 saturated heterocycles. The predicted molar refractivity (Wildman–Crippen MR) is 115 cm³/mol. The monoisotopic (exact) mass is 434 g/mol. The fraction of sp³-hybridized carbons (Fsp3) is 0.667. The largest absolute Gasteiger partial charge is 0.383 e. The van der Waals surface area contributed by atoms with Crippen LogP contribution in [0.3, 0.4) is 0 Å². The summed E-state index contributed by atoms with van der Waals surface area (Å²) in [5.41, 5.74) is 1.65. The molecule has 3 amide bonds. The number of rotatable bonds is 4. The van der Waals surface area contributed by atoms with Crippen LogP contribution in [-0.2, 0) is 27.3 Å². The number of carbonyl (C=O) groups excluding carboxylic acids is 3. The third kappa shape index (κ3) is 3.86. The molecular formula is C21H30N4O4S. The van der Waals surface area contributed by atoms with Gasteiger partial charge in [0.1, 0.15) is 11.5 Å². The molecular weight excluding hydrogens is 404 g/mol. The van der Waals surface area contributed by atoms with Crippen molar-refractivity contribution in [1.82, 2.24) is 14.7 Å². The average Bonchev–Trinajstić information content (AvgIpc) is 3.07. The molecule has 4 rings (SSSR count). The molecule has 3 aliphatic heterocycles. The number of anilines is 1. The van der Waals surface area contributed by atoms with Crippen molar-refractivity contribution in [3.8, 4) is 0 Å². The summed E-state index contributed by atoms with van der Waals surface area (Å²) in [6.45, 7) is 3.97.